The summed E-state index contributed by atoms with van der Waals surface area (Å²) >= 11 is 0. The second-order valence-electron chi connectivity index (χ2n) is 5.55. The number of ether oxygens (including phenoxy) is 1. The van der Waals surface area contributed by atoms with Gasteiger partial charge in [-0.1, -0.05) is 27.2 Å². The average molecular weight is 284 g/mol. The largest absolute Gasteiger partial charge is 0.381 e. The van der Waals surface area contributed by atoms with Crippen LogP contribution < -0.4 is 5.32 Å². The van der Waals surface area contributed by atoms with Crippen LogP contribution in [-0.2, 0) is 14.3 Å². The van der Waals surface area contributed by atoms with Gasteiger partial charge in [0.05, 0.1) is 0 Å². The molecule has 5 heteroatoms. The molecular formula is C15H28N2O3. The van der Waals surface area contributed by atoms with Gasteiger partial charge >= 0.3 is 0 Å². The Labute approximate surface area is 122 Å². The van der Waals surface area contributed by atoms with E-state index in [0.29, 0.717) is 13.2 Å². The number of piperazine rings is 1. The number of carbonyl (C=O) groups excluding carboxylic acids is 2. The van der Waals surface area contributed by atoms with Gasteiger partial charge in [0.1, 0.15) is 12.1 Å². The van der Waals surface area contributed by atoms with Crippen molar-refractivity contribution in [1.29, 1.82) is 0 Å². The Balaban J connectivity index is 2.57. The second kappa shape index (κ2) is 8.25. The van der Waals surface area contributed by atoms with Gasteiger partial charge < -0.3 is 15.0 Å². The normalized spacial score (nSPS) is 24.7. The molecule has 0 bridgehead atoms. The molecule has 1 saturated heterocycles. The highest BCUT2D eigenvalue weighted by Gasteiger charge is 2.39. The molecule has 20 heavy (non-hydrogen) atoms. The summed E-state index contributed by atoms with van der Waals surface area (Å²) in [5.41, 5.74) is 0. The number of rotatable bonds is 8. The quantitative estimate of drug-likeness (QED) is 0.688. The fourth-order valence-electron chi connectivity index (χ4n) is 2.36. The maximum absolute atomic E-state index is 12.5. The van der Waals surface area contributed by atoms with Gasteiger partial charge in [0.25, 0.3) is 0 Å². The van der Waals surface area contributed by atoms with Gasteiger partial charge in [0, 0.05) is 19.8 Å². The predicted octanol–water partition coefficient (Wildman–Crippen LogP) is 1.56. The standard InChI is InChI=1S/C15H28N2O3/c1-5-9-20-10-7-8-17-12(4)14(18)16-13(15(17)19)11(3)6-2/h11-13H,5-10H2,1-4H3,(H,16,18). The molecule has 1 rings (SSSR count). The Bertz CT molecular complexity index is 333. The topological polar surface area (TPSA) is 58.6 Å². The van der Waals surface area contributed by atoms with Crippen LogP contribution >= 0.6 is 0 Å². The number of nitrogens with one attached hydrogen (secondary N) is 1. The van der Waals surface area contributed by atoms with Crippen molar-refractivity contribution in [2.24, 2.45) is 5.92 Å². The van der Waals surface area contributed by atoms with Gasteiger partial charge in [-0.25, -0.2) is 0 Å². The van der Waals surface area contributed by atoms with Crippen LogP contribution in [0.3, 0.4) is 0 Å². The lowest BCUT2D eigenvalue weighted by atomic mass is 9.94. The Morgan fingerprint density at radius 2 is 2.00 bits per heavy atom. The summed E-state index contributed by atoms with van der Waals surface area (Å²) in [6.07, 6.45) is 2.65. The van der Waals surface area contributed by atoms with Crippen LogP contribution in [0.15, 0.2) is 0 Å². The summed E-state index contributed by atoms with van der Waals surface area (Å²) in [4.78, 5) is 26.2. The van der Waals surface area contributed by atoms with Crippen molar-refractivity contribution in [3.8, 4) is 0 Å². The van der Waals surface area contributed by atoms with E-state index in [2.05, 4.69) is 12.2 Å². The van der Waals surface area contributed by atoms with E-state index in [1.54, 1.807) is 11.8 Å². The first kappa shape index (κ1) is 17.0. The molecule has 1 aliphatic rings. The molecule has 3 atom stereocenters. The van der Waals surface area contributed by atoms with Crippen LogP contribution in [0.2, 0.25) is 0 Å². The molecule has 0 aromatic heterocycles. The zero-order chi connectivity index (χ0) is 15.1. The zero-order valence-corrected chi connectivity index (χ0v) is 13.1. The minimum atomic E-state index is -0.381. The van der Waals surface area contributed by atoms with Gasteiger partial charge in [-0.15, -0.1) is 0 Å². The Hall–Kier alpha value is -1.10. The average Bonchev–Trinajstić information content (AvgIpc) is 2.45. The minimum Gasteiger partial charge on any atom is -0.381 e. The van der Waals surface area contributed by atoms with Gasteiger partial charge in [0.2, 0.25) is 11.8 Å². The van der Waals surface area contributed by atoms with E-state index < -0.39 is 0 Å². The molecule has 0 aromatic carbocycles. The molecule has 1 N–H and O–H groups in total. The van der Waals surface area contributed by atoms with Crippen molar-refractivity contribution in [2.75, 3.05) is 19.8 Å². The summed E-state index contributed by atoms with van der Waals surface area (Å²) < 4.78 is 5.43. The molecular weight excluding hydrogens is 256 g/mol. The third-order valence-corrected chi connectivity index (χ3v) is 3.94. The van der Waals surface area contributed by atoms with E-state index in [1.807, 2.05) is 13.8 Å². The Morgan fingerprint density at radius 3 is 2.60 bits per heavy atom. The fourth-order valence-corrected chi connectivity index (χ4v) is 2.36. The Kier molecular flexibility index (Phi) is 6.99. The molecule has 1 fully saturated rings. The lowest BCUT2D eigenvalue weighted by Crippen LogP contribution is -2.64. The van der Waals surface area contributed by atoms with Gasteiger partial charge in [-0.05, 0) is 25.7 Å². The number of hydrogen-bond donors (Lipinski definition) is 1. The van der Waals surface area contributed by atoms with Gasteiger partial charge in [-0.2, -0.15) is 0 Å². The molecule has 0 aromatic rings. The van der Waals surface area contributed by atoms with Crippen molar-refractivity contribution >= 4 is 11.8 Å². The van der Waals surface area contributed by atoms with Crippen LogP contribution in [0.4, 0.5) is 0 Å². The highest BCUT2D eigenvalue weighted by molar-refractivity contribution is 5.96. The number of hydrogen-bond acceptors (Lipinski definition) is 3. The van der Waals surface area contributed by atoms with E-state index in [9.17, 15) is 9.59 Å². The molecule has 0 radical (unpaired) electrons. The van der Waals surface area contributed by atoms with Crippen LogP contribution in [0.5, 0.6) is 0 Å². The maximum atomic E-state index is 12.5. The zero-order valence-electron chi connectivity index (χ0n) is 13.1. The van der Waals surface area contributed by atoms with Gasteiger partial charge in [0.15, 0.2) is 0 Å². The van der Waals surface area contributed by atoms with Crippen molar-refractivity contribution < 1.29 is 14.3 Å². The van der Waals surface area contributed by atoms with Gasteiger partial charge in [-0.3, -0.25) is 9.59 Å². The second-order valence-corrected chi connectivity index (χ2v) is 5.55. The molecule has 5 nitrogen and oxygen atoms in total. The lowest BCUT2D eigenvalue weighted by Gasteiger charge is -2.39. The molecule has 0 aliphatic carbocycles. The lowest BCUT2D eigenvalue weighted by molar-refractivity contribution is -0.150. The molecule has 2 amide bonds. The summed E-state index contributed by atoms with van der Waals surface area (Å²) in [6, 6.07) is -0.755. The van der Waals surface area contributed by atoms with Crippen LogP contribution in [0.1, 0.15) is 47.0 Å². The third-order valence-electron chi connectivity index (χ3n) is 3.94. The monoisotopic (exact) mass is 284 g/mol. The smallest absolute Gasteiger partial charge is 0.246 e. The first-order chi connectivity index (χ1) is 9.52. The third kappa shape index (κ3) is 4.20. The number of nitrogens with zero attached hydrogens (tertiary/aromatic N) is 1. The molecule has 116 valence electrons. The van der Waals surface area contributed by atoms with Crippen molar-refractivity contribution in [3.63, 3.8) is 0 Å². The van der Waals surface area contributed by atoms with E-state index in [4.69, 9.17) is 4.74 Å². The van der Waals surface area contributed by atoms with Crippen LogP contribution in [-0.4, -0.2) is 48.6 Å². The molecule has 0 saturated carbocycles. The Morgan fingerprint density at radius 1 is 1.30 bits per heavy atom. The first-order valence-electron chi connectivity index (χ1n) is 7.71. The molecule has 1 heterocycles. The van der Waals surface area contributed by atoms with Crippen molar-refractivity contribution in [1.82, 2.24) is 10.2 Å². The van der Waals surface area contributed by atoms with Crippen molar-refractivity contribution in [3.05, 3.63) is 0 Å². The van der Waals surface area contributed by atoms with Crippen LogP contribution in [0, 0.1) is 5.92 Å². The summed E-state index contributed by atoms with van der Waals surface area (Å²) in [5, 5.41) is 2.85. The summed E-state index contributed by atoms with van der Waals surface area (Å²) in [7, 11) is 0. The van der Waals surface area contributed by atoms with Crippen LogP contribution in [0.25, 0.3) is 0 Å². The van der Waals surface area contributed by atoms with E-state index in [0.717, 1.165) is 25.9 Å². The van der Waals surface area contributed by atoms with E-state index in [-0.39, 0.29) is 29.8 Å². The summed E-state index contributed by atoms with van der Waals surface area (Å²) in [5.74, 6) is 0.157. The first-order valence-corrected chi connectivity index (χ1v) is 7.71. The SMILES string of the molecule is CCCOCCCN1C(=O)C(C(C)CC)NC(=O)C1C. The molecule has 1 aliphatic heterocycles. The number of amides is 2. The summed E-state index contributed by atoms with van der Waals surface area (Å²) in [6.45, 7) is 9.86. The maximum Gasteiger partial charge on any atom is 0.246 e. The molecule has 0 spiro atoms. The molecule has 3 unspecified atom stereocenters. The van der Waals surface area contributed by atoms with Crippen molar-refractivity contribution in [2.45, 2.75) is 59.0 Å². The highest BCUT2D eigenvalue weighted by atomic mass is 16.5. The van der Waals surface area contributed by atoms with E-state index in [1.165, 1.54) is 0 Å². The predicted molar refractivity (Wildman–Crippen MR) is 78.3 cm³/mol. The van der Waals surface area contributed by atoms with E-state index >= 15 is 0 Å². The number of carbonyl (C=O) groups is 2. The highest BCUT2D eigenvalue weighted by Crippen LogP contribution is 2.18. The minimum absolute atomic E-state index is 0.0435. The fraction of sp³-hybridized carbons (Fsp3) is 0.867.